The van der Waals surface area contributed by atoms with E-state index in [2.05, 4.69) is 21.3 Å². The Balaban J connectivity index is 2.05. The van der Waals surface area contributed by atoms with Crippen molar-refractivity contribution in [2.75, 3.05) is 26.7 Å². The van der Waals surface area contributed by atoms with Crippen molar-refractivity contribution in [3.05, 3.63) is 11.8 Å². The summed E-state index contributed by atoms with van der Waals surface area (Å²) >= 11 is 0. The average Bonchev–Trinajstić information content (AvgIpc) is 3.13. The van der Waals surface area contributed by atoms with Crippen LogP contribution in [-0.4, -0.2) is 178 Å². The molecule has 65 heavy (non-hydrogen) atoms. The number of aliphatic hydroxyl groups excluding tert-OH is 4. The molecule has 0 aromatic rings. The second-order valence-corrected chi connectivity index (χ2v) is 20.2. The van der Waals surface area contributed by atoms with E-state index < -0.39 is 133 Å². The van der Waals surface area contributed by atoms with E-state index in [1.165, 1.54) is 7.05 Å². The summed E-state index contributed by atoms with van der Waals surface area (Å²) in [5, 5.41) is 56.5. The molecule has 0 spiro atoms. The summed E-state index contributed by atoms with van der Waals surface area (Å²) in [6.07, 6.45) is -15.2. The lowest BCUT2D eigenvalue weighted by molar-refractivity contribution is -0.298. The maximum absolute atomic E-state index is 13.7. The fourth-order valence-electron chi connectivity index (χ4n) is 6.97. The zero-order chi connectivity index (χ0) is 49.4. The maximum atomic E-state index is 13.7. The van der Waals surface area contributed by atoms with Crippen molar-refractivity contribution in [1.82, 2.24) is 26.2 Å². The molecule has 12 atom stereocenters. The highest BCUT2D eigenvalue weighted by molar-refractivity contribution is 5.81. The van der Waals surface area contributed by atoms with Crippen LogP contribution in [0.5, 0.6) is 0 Å². The first-order chi connectivity index (χ1) is 29.8. The number of carbonyl (C=O) groups is 5. The molecule has 0 unspecified atom stereocenters. The van der Waals surface area contributed by atoms with E-state index in [4.69, 9.17) is 43.6 Å². The standard InChI is InChI=1S/C42H74N6O17/c1-39(2,3)62-35(54)44-17-16-25(49)32(53)45-23-18-24(47-37(56)64-41(7,8)9)31(60-33-22(15-14-21(19-43)59-33)46-36(55)63-40(4,5)6)29(52)30(23)61-34-28(51)27(26(50)20-58-34)48(13)38(57)65-42(10,11)12/h14,22-31,33-34,49-52H,15-20,43H2,1-13H3,(H,44,54)(H,45,53)(H,46,55)(H,47,56)/t22-,23-,24+,25+,26+,27+,28-,29-,30+,31-,33-,34-/m1/s1. The van der Waals surface area contributed by atoms with Gasteiger partial charge in [0, 0.05) is 13.6 Å². The monoisotopic (exact) mass is 935 g/mol. The molecule has 1 saturated heterocycles. The molecule has 0 aromatic heterocycles. The molecule has 0 bridgehead atoms. The number of hydrogen-bond acceptors (Lipinski definition) is 18. The normalized spacial score (nSPS) is 29.1. The zero-order valence-corrected chi connectivity index (χ0v) is 39.9. The van der Waals surface area contributed by atoms with E-state index >= 15 is 0 Å². The molecule has 3 rings (SSSR count). The minimum atomic E-state index is -1.87. The molecule has 0 radical (unpaired) electrons. The predicted molar refractivity (Wildman–Crippen MR) is 230 cm³/mol. The number of carbonyl (C=O) groups excluding carboxylic acids is 5. The van der Waals surface area contributed by atoms with E-state index in [-0.39, 0.29) is 38.1 Å². The first-order valence-electron chi connectivity index (χ1n) is 21.7. The van der Waals surface area contributed by atoms with Crippen molar-refractivity contribution in [3.8, 4) is 0 Å². The van der Waals surface area contributed by atoms with Crippen molar-refractivity contribution >= 4 is 30.3 Å². The van der Waals surface area contributed by atoms with Crippen LogP contribution >= 0.6 is 0 Å². The van der Waals surface area contributed by atoms with Crippen LogP contribution in [0.25, 0.3) is 0 Å². The minimum absolute atomic E-state index is 0.0665. The number of alkyl carbamates (subject to hydrolysis) is 3. The van der Waals surface area contributed by atoms with Crippen LogP contribution in [0, 0.1) is 0 Å². The lowest BCUT2D eigenvalue weighted by atomic mass is 9.83. The number of likely N-dealkylation sites (N-methyl/N-ethyl adjacent to an activating group) is 1. The van der Waals surface area contributed by atoms with Gasteiger partial charge in [0.1, 0.15) is 64.8 Å². The summed E-state index contributed by atoms with van der Waals surface area (Å²) < 4.78 is 46.2. The third-order valence-electron chi connectivity index (χ3n) is 9.66. The number of nitrogens with one attached hydrogen (secondary N) is 4. The van der Waals surface area contributed by atoms with Crippen LogP contribution in [0.15, 0.2) is 11.8 Å². The summed E-state index contributed by atoms with van der Waals surface area (Å²) in [5.41, 5.74) is 2.33. The SMILES string of the molecule is CN(C(=O)OC(C)(C)C)[C@@H]1[C@@H](O)[C@@H](O[C@@H]2[C@@H](O)[C@H](O[C@H]3OC(CN)=CC[C@H]3NC(=O)OC(C)(C)C)[C@@H](NC(=O)OC(C)(C)C)C[C@H]2NC(=O)[C@@H](O)CCNC(=O)OC(C)(C)C)OC[C@@H]1O. The van der Waals surface area contributed by atoms with Gasteiger partial charge >= 0.3 is 24.4 Å². The number of ether oxygens (including phenoxy) is 8. The van der Waals surface area contributed by atoms with E-state index in [1.807, 2.05) is 0 Å². The quantitative estimate of drug-likeness (QED) is 0.116. The third-order valence-corrected chi connectivity index (χ3v) is 9.66. The van der Waals surface area contributed by atoms with Gasteiger partial charge in [-0.3, -0.25) is 4.79 Å². The van der Waals surface area contributed by atoms with Gasteiger partial charge in [-0.25, -0.2) is 19.2 Å². The van der Waals surface area contributed by atoms with Gasteiger partial charge in [-0.2, -0.15) is 0 Å². The Morgan fingerprint density at radius 1 is 0.738 bits per heavy atom. The molecule has 2 aliphatic heterocycles. The van der Waals surface area contributed by atoms with E-state index in [9.17, 15) is 44.4 Å². The first-order valence-corrected chi connectivity index (χ1v) is 21.7. The molecule has 1 aliphatic carbocycles. The van der Waals surface area contributed by atoms with Crippen LogP contribution in [-0.2, 0) is 42.7 Å². The van der Waals surface area contributed by atoms with Gasteiger partial charge in [0.15, 0.2) is 6.29 Å². The lowest BCUT2D eigenvalue weighted by Gasteiger charge is -2.49. The largest absolute Gasteiger partial charge is 0.466 e. The molecule has 2 fully saturated rings. The van der Waals surface area contributed by atoms with Crippen LogP contribution in [0.2, 0.25) is 0 Å². The van der Waals surface area contributed by atoms with Crippen LogP contribution < -0.4 is 27.0 Å². The van der Waals surface area contributed by atoms with E-state index in [0.29, 0.717) is 0 Å². The van der Waals surface area contributed by atoms with Crippen molar-refractivity contribution in [2.24, 2.45) is 5.73 Å². The molecule has 10 N–H and O–H groups in total. The Bertz CT molecular complexity index is 1660. The van der Waals surface area contributed by atoms with Crippen LogP contribution in [0.1, 0.15) is 102 Å². The Morgan fingerprint density at radius 3 is 1.75 bits per heavy atom. The second kappa shape index (κ2) is 22.5. The summed E-state index contributed by atoms with van der Waals surface area (Å²) in [6.45, 7) is 19.1. The van der Waals surface area contributed by atoms with Crippen molar-refractivity contribution in [2.45, 2.75) is 198 Å². The molecule has 23 heteroatoms. The van der Waals surface area contributed by atoms with Crippen molar-refractivity contribution in [1.29, 1.82) is 0 Å². The zero-order valence-electron chi connectivity index (χ0n) is 39.9. The summed E-state index contributed by atoms with van der Waals surface area (Å²) in [5.74, 6) is -0.695. The van der Waals surface area contributed by atoms with E-state index in [0.717, 1.165) is 4.90 Å². The molecule has 0 aromatic carbocycles. The number of amides is 5. The van der Waals surface area contributed by atoms with Gasteiger partial charge in [-0.05, 0) is 108 Å². The average molecular weight is 935 g/mol. The Hall–Kier alpha value is -4.23. The molecule has 2 heterocycles. The molecule has 1 saturated carbocycles. The summed E-state index contributed by atoms with van der Waals surface area (Å²) in [6, 6.07) is -4.86. The Morgan fingerprint density at radius 2 is 1.23 bits per heavy atom. The highest BCUT2D eigenvalue weighted by Crippen LogP contribution is 2.33. The lowest BCUT2D eigenvalue weighted by Crippen LogP contribution is -2.69. The van der Waals surface area contributed by atoms with Crippen LogP contribution in [0.3, 0.4) is 0 Å². The number of nitrogens with two attached hydrogens (primary N) is 1. The summed E-state index contributed by atoms with van der Waals surface area (Å²) in [4.78, 5) is 66.4. The van der Waals surface area contributed by atoms with Gasteiger partial charge in [-0.1, -0.05) is 0 Å². The topological polar surface area (TPSA) is 317 Å². The fourth-order valence-corrected chi connectivity index (χ4v) is 6.97. The number of nitrogens with zero attached hydrogens (tertiary/aromatic N) is 1. The smallest absolute Gasteiger partial charge is 0.410 e. The Labute approximate surface area is 380 Å². The Kier molecular flexibility index (Phi) is 19.1. The number of hydrogen-bond donors (Lipinski definition) is 9. The third kappa shape index (κ3) is 17.8. The van der Waals surface area contributed by atoms with Gasteiger partial charge in [0.05, 0.1) is 37.3 Å². The predicted octanol–water partition coefficient (Wildman–Crippen LogP) is 0.971. The fraction of sp³-hybridized carbons (Fsp3) is 0.833. The highest BCUT2D eigenvalue weighted by Gasteiger charge is 2.53. The van der Waals surface area contributed by atoms with Gasteiger partial charge < -0.3 is 90.2 Å². The minimum Gasteiger partial charge on any atom is -0.466 e. The molecular formula is C42H74N6O17. The van der Waals surface area contributed by atoms with Crippen LogP contribution in [0.4, 0.5) is 19.2 Å². The summed E-state index contributed by atoms with van der Waals surface area (Å²) in [7, 11) is 1.30. The van der Waals surface area contributed by atoms with Crippen molar-refractivity contribution in [3.63, 3.8) is 0 Å². The van der Waals surface area contributed by atoms with Crippen molar-refractivity contribution < 1.29 is 82.3 Å². The molecule has 23 nitrogen and oxygen atoms in total. The first kappa shape index (κ1) is 55.1. The van der Waals surface area contributed by atoms with Gasteiger partial charge in [0.2, 0.25) is 12.2 Å². The van der Waals surface area contributed by atoms with Gasteiger partial charge in [-0.15, -0.1) is 0 Å². The number of rotatable bonds is 13. The second-order valence-electron chi connectivity index (χ2n) is 20.2. The maximum Gasteiger partial charge on any atom is 0.410 e. The molecule has 374 valence electrons. The van der Waals surface area contributed by atoms with Gasteiger partial charge in [0.25, 0.3) is 0 Å². The highest BCUT2D eigenvalue weighted by atomic mass is 16.7. The molecule has 3 aliphatic rings. The number of aliphatic hydroxyl groups is 4. The molecular weight excluding hydrogens is 860 g/mol. The van der Waals surface area contributed by atoms with E-state index in [1.54, 1.807) is 89.2 Å². The molecule has 5 amide bonds.